The van der Waals surface area contributed by atoms with Crippen molar-refractivity contribution in [1.29, 1.82) is 0 Å². The van der Waals surface area contributed by atoms with Crippen molar-refractivity contribution in [3.63, 3.8) is 0 Å². The highest BCUT2D eigenvalue weighted by atomic mass is 32.2. The molecule has 192 valence electrons. The number of aromatic nitrogens is 3. The van der Waals surface area contributed by atoms with Crippen LogP contribution in [0.5, 0.6) is 0 Å². The molecule has 0 saturated carbocycles. The highest BCUT2D eigenvalue weighted by Crippen LogP contribution is 2.39. The smallest absolute Gasteiger partial charge is 0.341 e. The van der Waals surface area contributed by atoms with Gasteiger partial charge in [0, 0.05) is 39.4 Å². The third kappa shape index (κ3) is 5.15. The largest absolute Gasteiger partial charge is 0.465 e. The van der Waals surface area contributed by atoms with Crippen LogP contribution in [0.25, 0.3) is 33.6 Å². The van der Waals surface area contributed by atoms with E-state index >= 15 is 0 Å². The standard InChI is InChI=1S/C28H24N4O3S3/c1-17-23(19-12-8-5-9-13-19)21(15-36-17)25-30-31-28(32(25)2)38-16-22(33)29-26-24(27(34)35-3)20(14-37-26)18-10-6-4-7-11-18/h4-15H,16H2,1-3H3,(H,29,33). The van der Waals surface area contributed by atoms with Crippen molar-refractivity contribution in [3.05, 3.63) is 81.9 Å². The van der Waals surface area contributed by atoms with Crippen LogP contribution in [-0.4, -0.2) is 39.5 Å². The maximum absolute atomic E-state index is 12.9. The van der Waals surface area contributed by atoms with Gasteiger partial charge in [0.1, 0.15) is 10.6 Å². The lowest BCUT2D eigenvalue weighted by Crippen LogP contribution is -2.16. The quantitative estimate of drug-likeness (QED) is 0.167. The van der Waals surface area contributed by atoms with E-state index in [2.05, 4.69) is 40.0 Å². The van der Waals surface area contributed by atoms with Crippen molar-refractivity contribution in [1.82, 2.24) is 14.8 Å². The van der Waals surface area contributed by atoms with Crippen LogP contribution in [0, 0.1) is 6.92 Å². The van der Waals surface area contributed by atoms with Gasteiger partial charge in [0.05, 0.1) is 12.9 Å². The van der Waals surface area contributed by atoms with Gasteiger partial charge >= 0.3 is 5.97 Å². The number of benzene rings is 2. The van der Waals surface area contributed by atoms with Crippen molar-refractivity contribution in [3.8, 4) is 33.6 Å². The van der Waals surface area contributed by atoms with Crippen molar-refractivity contribution < 1.29 is 14.3 Å². The van der Waals surface area contributed by atoms with E-state index in [1.807, 2.05) is 65.5 Å². The van der Waals surface area contributed by atoms with Gasteiger partial charge in [0.15, 0.2) is 11.0 Å². The SMILES string of the molecule is COC(=O)c1c(-c2ccccc2)csc1NC(=O)CSc1nnc(-c2csc(C)c2-c2ccccc2)n1C. The lowest BCUT2D eigenvalue weighted by Gasteiger charge is -2.08. The fourth-order valence-electron chi connectivity index (χ4n) is 4.14. The van der Waals surface area contributed by atoms with Gasteiger partial charge in [-0.25, -0.2) is 4.79 Å². The number of anilines is 1. The summed E-state index contributed by atoms with van der Waals surface area (Å²) in [5, 5.41) is 16.7. The van der Waals surface area contributed by atoms with Gasteiger partial charge in [0.2, 0.25) is 5.91 Å². The second kappa shape index (κ2) is 11.3. The number of aryl methyl sites for hydroxylation is 1. The molecular weight excluding hydrogens is 537 g/mol. The lowest BCUT2D eigenvalue weighted by molar-refractivity contribution is -0.113. The fraction of sp³-hybridized carbons (Fsp3) is 0.143. The highest BCUT2D eigenvalue weighted by molar-refractivity contribution is 7.99. The van der Waals surface area contributed by atoms with Crippen LogP contribution in [0.2, 0.25) is 0 Å². The Bertz CT molecular complexity index is 1590. The summed E-state index contributed by atoms with van der Waals surface area (Å²) in [5.41, 5.74) is 5.24. The molecule has 0 spiro atoms. The molecule has 0 unspecified atom stereocenters. The van der Waals surface area contributed by atoms with Crippen LogP contribution in [0.1, 0.15) is 15.2 Å². The molecule has 1 amide bonds. The Morgan fingerprint density at radius 3 is 2.29 bits per heavy atom. The molecular formula is C28H24N4O3S3. The third-order valence-corrected chi connectivity index (χ3v) is 8.79. The van der Waals surface area contributed by atoms with E-state index < -0.39 is 5.97 Å². The molecule has 5 aromatic rings. The van der Waals surface area contributed by atoms with E-state index in [1.165, 1.54) is 35.1 Å². The maximum atomic E-state index is 12.9. The Morgan fingerprint density at radius 2 is 1.61 bits per heavy atom. The number of hydrogen-bond donors (Lipinski definition) is 1. The first-order valence-corrected chi connectivity index (χ1v) is 14.4. The number of ether oxygens (including phenoxy) is 1. The van der Waals surface area contributed by atoms with Crippen molar-refractivity contribution in [2.75, 3.05) is 18.2 Å². The molecule has 0 bridgehead atoms. The number of rotatable bonds is 8. The van der Waals surface area contributed by atoms with E-state index in [0.717, 1.165) is 33.6 Å². The Kier molecular flexibility index (Phi) is 7.73. The van der Waals surface area contributed by atoms with Gasteiger partial charge in [-0.15, -0.1) is 32.9 Å². The molecule has 0 aliphatic heterocycles. The van der Waals surface area contributed by atoms with Crippen LogP contribution in [-0.2, 0) is 16.6 Å². The van der Waals surface area contributed by atoms with E-state index in [4.69, 9.17) is 4.74 Å². The Hall–Kier alpha value is -3.73. The third-order valence-electron chi connectivity index (χ3n) is 5.96. The van der Waals surface area contributed by atoms with Gasteiger partial charge in [-0.05, 0) is 18.1 Å². The van der Waals surface area contributed by atoms with Crippen molar-refractivity contribution in [2.24, 2.45) is 7.05 Å². The molecule has 1 N–H and O–H groups in total. The van der Waals surface area contributed by atoms with Crippen LogP contribution in [0.4, 0.5) is 5.00 Å². The molecule has 0 fully saturated rings. The second-order valence-electron chi connectivity index (χ2n) is 8.36. The average Bonchev–Trinajstić information content (AvgIpc) is 3.64. The molecule has 38 heavy (non-hydrogen) atoms. The minimum atomic E-state index is -0.494. The number of carbonyl (C=O) groups is 2. The number of thioether (sulfide) groups is 1. The second-order valence-corrected chi connectivity index (χ2v) is 11.3. The van der Waals surface area contributed by atoms with Gasteiger partial charge < -0.3 is 14.6 Å². The topological polar surface area (TPSA) is 86.1 Å². The summed E-state index contributed by atoms with van der Waals surface area (Å²) in [6.45, 7) is 2.10. The molecule has 0 aliphatic carbocycles. The zero-order chi connectivity index (χ0) is 26.6. The van der Waals surface area contributed by atoms with Gasteiger partial charge in [-0.3, -0.25) is 4.79 Å². The van der Waals surface area contributed by atoms with Gasteiger partial charge in [-0.2, -0.15) is 0 Å². The van der Waals surface area contributed by atoms with Crippen molar-refractivity contribution >= 4 is 51.3 Å². The van der Waals surface area contributed by atoms with E-state index in [1.54, 1.807) is 11.3 Å². The maximum Gasteiger partial charge on any atom is 0.341 e. The first-order chi connectivity index (χ1) is 18.5. The minimum absolute atomic E-state index is 0.110. The van der Waals surface area contributed by atoms with Crippen LogP contribution >= 0.6 is 34.4 Å². The first-order valence-electron chi connectivity index (χ1n) is 11.7. The Morgan fingerprint density at radius 1 is 0.947 bits per heavy atom. The molecule has 0 radical (unpaired) electrons. The van der Waals surface area contributed by atoms with Crippen LogP contribution < -0.4 is 5.32 Å². The molecule has 2 aromatic carbocycles. The van der Waals surface area contributed by atoms with Crippen LogP contribution in [0.15, 0.2) is 76.6 Å². The number of hydrogen-bond acceptors (Lipinski definition) is 8. The number of amides is 1. The Balaban J connectivity index is 1.32. The number of esters is 1. The molecule has 0 aliphatic rings. The van der Waals surface area contributed by atoms with E-state index in [-0.39, 0.29) is 11.7 Å². The van der Waals surface area contributed by atoms with Gasteiger partial charge in [0.25, 0.3) is 0 Å². The predicted molar refractivity (Wildman–Crippen MR) is 155 cm³/mol. The summed E-state index contributed by atoms with van der Waals surface area (Å²) in [6, 6.07) is 19.8. The fourth-order valence-corrected chi connectivity index (χ4v) is 6.68. The molecule has 5 rings (SSSR count). The zero-order valence-corrected chi connectivity index (χ0v) is 23.4. The summed E-state index contributed by atoms with van der Waals surface area (Å²) in [6.07, 6.45) is 0. The zero-order valence-electron chi connectivity index (χ0n) is 20.9. The molecule has 10 heteroatoms. The summed E-state index contributed by atoms with van der Waals surface area (Å²) in [7, 11) is 3.23. The number of nitrogens with one attached hydrogen (secondary N) is 1. The number of methoxy groups -OCH3 is 1. The molecule has 3 aromatic heterocycles. The summed E-state index contributed by atoms with van der Waals surface area (Å²) < 4.78 is 6.91. The molecule has 0 atom stereocenters. The summed E-state index contributed by atoms with van der Waals surface area (Å²) in [5.74, 6) is 0.114. The van der Waals surface area contributed by atoms with Gasteiger partial charge in [-0.1, -0.05) is 72.4 Å². The average molecular weight is 561 g/mol. The Labute approximate surface area is 232 Å². The summed E-state index contributed by atoms with van der Waals surface area (Å²) >= 11 is 4.26. The number of carbonyl (C=O) groups excluding carboxylic acids is 2. The van der Waals surface area contributed by atoms with E-state index in [9.17, 15) is 9.59 Å². The first kappa shape index (κ1) is 25.9. The van der Waals surface area contributed by atoms with Crippen molar-refractivity contribution in [2.45, 2.75) is 12.1 Å². The monoisotopic (exact) mass is 560 g/mol. The van der Waals surface area contributed by atoms with Crippen LogP contribution in [0.3, 0.4) is 0 Å². The molecule has 0 saturated heterocycles. The highest BCUT2D eigenvalue weighted by Gasteiger charge is 2.23. The molecule has 7 nitrogen and oxygen atoms in total. The minimum Gasteiger partial charge on any atom is -0.465 e. The van der Waals surface area contributed by atoms with E-state index in [0.29, 0.717) is 15.7 Å². The molecule has 3 heterocycles. The number of thiophene rings is 2. The predicted octanol–water partition coefficient (Wildman–Crippen LogP) is 6.76. The summed E-state index contributed by atoms with van der Waals surface area (Å²) in [4.78, 5) is 26.7. The normalized spacial score (nSPS) is 10.9. The lowest BCUT2D eigenvalue weighted by atomic mass is 10.0. The number of nitrogens with zero attached hydrogens (tertiary/aromatic N) is 3.